The molecule has 0 amide bonds. The molecule has 0 spiro atoms. The molecule has 2 rings (SSSR count). The molecule has 0 aliphatic rings. The first kappa shape index (κ1) is 14.7. The van der Waals surface area contributed by atoms with Crippen LogP contribution in [-0.2, 0) is 10.5 Å². The van der Waals surface area contributed by atoms with E-state index < -0.39 is 5.97 Å². The number of carbonyl (C=O) groups is 1. The van der Waals surface area contributed by atoms with E-state index in [0.717, 1.165) is 16.7 Å². The molecule has 0 unspecified atom stereocenters. The molecule has 0 saturated carbocycles. The van der Waals surface area contributed by atoms with E-state index in [0.29, 0.717) is 16.6 Å². The Labute approximate surface area is 123 Å². The van der Waals surface area contributed by atoms with Gasteiger partial charge in [0.15, 0.2) is 5.16 Å². The summed E-state index contributed by atoms with van der Waals surface area (Å²) in [6, 6.07) is 11.2. The number of carboxylic acid groups (broad SMARTS) is 1. The normalized spacial score (nSPS) is 10.4. The summed E-state index contributed by atoms with van der Waals surface area (Å²) in [5.41, 5.74) is 0.368. The molecule has 0 fully saturated rings. The minimum Gasteiger partial charge on any atom is -0.481 e. The molecule has 5 nitrogen and oxygen atoms in total. The van der Waals surface area contributed by atoms with Crippen LogP contribution in [0.5, 0.6) is 0 Å². The van der Waals surface area contributed by atoms with Gasteiger partial charge < -0.3 is 10.1 Å². The second kappa shape index (κ2) is 7.16. The van der Waals surface area contributed by atoms with Crippen molar-refractivity contribution in [1.29, 1.82) is 0 Å². The number of carboxylic acids is 1. The highest BCUT2D eigenvalue weighted by molar-refractivity contribution is 7.99. The summed E-state index contributed by atoms with van der Waals surface area (Å²) in [6.45, 7) is 0. The molecule has 1 heterocycles. The molecular weight excluding hydrogens is 296 g/mol. The summed E-state index contributed by atoms with van der Waals surface area (Å²) in [5, 5.41) is 8.96. The summed E-state index contributed by atoms with van der Waals surface area (Å²) >= 11 is 2.58. The topological polar surface area (TPSA) is 83.0 Å². The number of aromatic amines is 1. The number of nitrogens with zero attached hydrogens (tertiary/aromatic N) is 1. The van der Waals surface area contributed by atoms with Crippen molar-refractivity contribution in [2.24, 2.45) is 0 Å². The van der Waals surface area contributed by atoms with Crippen LogP contribution in [0, 0.1) is 0 Å². The van der Waals surface area contributed by atoms with E-state index in [1.54, 1.807) is 11.8 Å². The van der Waals surface area contributed by atoms with Gasteiger partial charge in [0.1, 0.15) is 0 Å². The lowest BCUT2D eigenvalue weighted by Crippen LogP contribution is -2.10. The summed E-state index contributed by atoms with van der Waals surface area (Å²) < 4.78 is 0. The van der Waals surface area contributed by atoms with Crippen molar-refractivity contribution in [3.05, 3.63) is 52.4 Å². The number of hydrogen-bond acceptors (Lipinski definition) is 5. The molecule has 0 aliphatic heterocycles. The van der Waals surface area contributed by atoms with Crippen LogP contribution in [0.1, 0.15) is 5.69 Å². The third kappa shape index (κ3) is 4.75. The standard InChI is InChI=1S/C13H12N2O3S2/c16-11-6-9(7-19-10-4-2-1-3-5-10)14-13(15-11)20-8-12(17)18/h1-6H,7-8H2,(H,17,18)(H,14,15,16). The molecule has 0 bridgehead atoms. The highest BCUT2D eigenvalue weighted by Crippen LogP contribution is 2.21. The zero-order chi connectivity index (χ0) is 14.4. The lowest BCUT2D eigenvalue weighted by Gasteiger charge is -2.03. The fourth-order valence-corrected chi connectivity index (χ4v) is 2.86. The zero-order valence-corrected chi connectivity index (χ0v) is 12.0. The Morgan fingerprint density at radius 1 is 1.25 bits per heavy atom. The number of aliphatic carboxylic acids is 1. The smallest absolute Gasteiger partial charge is 0.313 e. The van der Waals surface area contributed by atoms with E-state index >= 15 is 0 Å². The first-order valence-electron chi connectivity index (χ1n) is 5.76. The predicted octanol–water partition coefficient (Wildman–Crippen LogP) is 2.24. The second-order valence-electron chi connectivity index (χ2n) is 3.83. The van der Waals surface area contributed by atoms with Gasteiger partial charge in [-0.25, -0.2) is 4.98 Å². The average Bonchev–Trinajstić information content (AvgIpc) is 2.44. The van der Waals surface area contributed by atoms with Gasteiger partial charge in [0.05, 0.1) is 11.4 Å². The summed E-state index contributed by atoms with van der Waals surface area (Å²) in [6.07, 6.45) is 0. The lowest BCUT2D eigenvalue weighted by molar-refractivity contribution is -0.133. The van der Waals surface area contributed by atoms with Gasteiger partial charge in [-0.15, -0.1) is 11.8 Å². The molecule has 20 heavy (non-hydrogen) atoms. The zero-order valence-electron chi connectivity index (χ0n) is 10.4. The van der Waals surface area contributed by atoms with Crippen molar-refractivity contribution in [3.8, 4) is 0 Å². The number of hydrogen-bond donors (Lipinski definition) is 2. The fraction of sp³-hybridized carbons (Fsp3) is 0.154. The Morgan fingerprint density at radius 2 is 2.00 bits per heavy atom. The van der Waals surface area contributed by atoms with E-state index in [9.17, 15) is 9.59 Å². The molecule has 0 radical (unpaired) electrons. The van der Waals surface area contributed by atoms with Crippen LogP contribution in [0.3, 0.4) is 0 Å². The number of nitrogens with one attached hydrogen (secondary N) is 1. The molecular formula is C13H12N2O3S2. The van der Waals surface area contributed by atoms with Crippen LogP contribution in [0.25, 0.3) is 0 Å². The molecule has 2 N–H and O–H groups in total. The molecule has 2 aromatic rings. The highest BCUT2D eigenvalue weighted by atomic mass is 32.2. The number of aromatic nitrogens is 2. The van der Waals surface area contributed by atoms with Gasteiger partial charge in [-0.05, 0) is 12.1 Å². The second-order valence-corrected chi connectivity index (χ2v) is 5.84. The molecule has 0 atom stereocenters. The monoisotopic (exact) mass is 308 g/mol. The Balaban J connectivity index is 2.04. The minimum atomic E-state index is -0.943. The quantitative estimate of drug-likeness (QED) is 0.629. The first-order valence-corrected chi connectivity index (χ1v) is 7.73. The van der Waals surface area contributed by atoms with E-state index in [1.165, 1.54) is 6.07 Å². The van der Waals surface area contributed by atoms with Gasteiger partial charge in [0.25, 0.3) is 5.56 Å². The Bertz CT molecular complexity index is 644. The minimum absolute atomic E-state index is 0.127. The molecule has 104 valence electrons. The summed E-state index contributed by atoms with van der Waals surface area (Å²) in [4.78, 5) is 29.9. The molecule has 7 heteroatoms. The molecule has 0 aliphatic carbocycles. The largest absolute Gasteiger partial charge is 0.481 e. The van der Waals surface area contributed by atoms with Gasteiger partial charge in [0.2, 0.25) is 0 Å². The number of thioether (sulfide) groups is 2. The van der Waals surface area contributed by atoms with Crippen LogP contribution in [0.4, 0.5) is 0 Å². The molecule has 1 aromatic carbocycles. The van der Waals surface area contributed by atoms with Crippen molar-refractivity contribution < 1.29 is 9.90 Å². The number of benzene rings is 1. The van der Waals surface area contributed by atoms with Gasteiger partial charge in [-0.1, -0.05) is 30.0 Å². The van der Waals surface area contributed by atoms with Crippen LogP contribution < -0.4 is 5.56 Å². The summed E-state index contributed by atoms with van der Waals surface area (Å²) in [7, 11) is 0. The van der Waals surface area contributed by atoms with E-state index in [2.05, 4.69) is 9.97 Å². The van der Waals surface area contributed by atoms with E-state index in [4.69, 9.17) is 5.11 Å². The van der Waals surface area contributed by atoms with Crippen molar-refractivity contribution in [2.75, 3.05) is 5.75 Å². The Kier molecular flexibility index (Phi) is 5.25. The maximum atomic E-state index is 11.5. The van der Waals surface area contributed by atoms with Crippen molar-refractivity contribution in [3.63, 3.8) is 0 Å². The maximum Gasteiger partial charge on any atom is 0.313 e. The predicted molar refractivity (Wildman–Crippen MR) is 79.2 cm³/mol. The summed E-state index contributed by atoms with van der Waals surface area (Å²) in [5.74, 6) is -0.506. The fourth-order valence-electron chi connectivity index (χ4n) is 1.43. The van der Waals surface area contributed by atoms with Crippen molar-refractivity contribution in [1.82, 2.24) is 9.97 Å². The van der Waals surface area contributed by atoms with Crippen molar-refractivity contribution in [2.45, 2.75) is 15.8 Å². The van der Waals surface area contributed by atoms with E-state index in [-0.39, 0.29) is 11.3 Å². The molecule has 1 aromatic heterocycles. The van der Waals surface area contributed by atoms with Crippen LogP contribution in [0.15, 0.2) is 51.2 Å². The van der Waals surface area contributed by atoms with Crippen molar-refractivity contribution >= 4 is 29.5 Å². The van der Waals surface area contributed by atoms with Crippen LogP contribution >= 0.6 is 23.5 Å². The van der Waals surface area contributed by atoms with Crippen LogP contribution in [-0.4, -0.2) is 26.8 Å². The highest BCUT2D eigenvalue weighted by Gasteiger charge is 2.05. The Hall–Kier alpha value is -1.73. The van der Waals surface area contributed by atoms with Gasteiger partial charge in [0, 0.05) is 16.7 Å². The average molecular weight is 308 g/mol. The number of rotatable bonds is 6. The Morgan fingerprint density at radius 3 is 2.70 bits per heavy atom. The van der Waals surface area contributed by atoms with Crippen LogP contribution in [0.2, 0.25) is 0 Å². The third-order valence-corrected chi connectivity index (χ3v) is 4.14. The SMILES string of the molecule is O=C(O)CSc1nc(CSc2ccccc2)cc(=O)[nH]1. The number of H-pyrrole nitrogens is 1. The van der Waals surface area contributed by atoms with E-state index in [1.807, 2.05) is 30.3 Å². The van der Waals surface area contributed by atoms with Gasteiger partial charge in [-0.3, -0.25) is 9.59 Å². The third-order valence-electron chi connectivity index (χ3n) is 2.24. The maximum absolute atomic E-state index is 11.5. The molecule has 0 saturated heterocycles. The van der Waals surface area contributed by atoms with Gasteiger partial charge in [-0.2, -0.15) is 0 Å². The van der Waals surface area contributed by atoms with Gasteiger partial charge >= 0.3 is 5.97 Å². The lowest BCUT2D eigenvalue weighted by atomic mass is 10.4. The first-order chi connectivity index (χ1) is 9.63.